The van der Waals surface area contributed by atoms with Gasteiger partial charge in [0.05, 0.1) is 11.4 Å². The Balaban J connectivity index is 0.596. The van der Waals surface area contributed by atoms with E-state index in [1.54, 1.807) is 0 Å². The van der Waals surface area contributed by atoms with E-state index in [1.807, 2.05) is 104 Å². The van der Waals surface area contributed by atoms with Gasteiger partial charge in [0.25, 0.3) is 23.6 Å². The Hall–Kier alpha value is -13.6. The number of amides is 4. The summed E-state index contributed by atoms with van der Waals surface area (Å²) >= 11 is 0. The van der Waals surface area contributed by atoms with Crippen molar-refractivity contribution < 1.29 is 47.7 Å². The lowest BCUT2D eigenvalue weighted by Crippen LogP contribution is -2.41. The highest BCUT2D eigenvalue weighted by Gasteiger charge is 2.42. The summed E-state index contributed by atoms with van der Waals surface area (Å²) in [6, 6.07) is 60.3. The maximum Gasteiger partial charge on any atom is 0.330 e. The Morgan fingerprint density at radius 1 is 0.298 bits per heavy atom. The van der Waals surface area contributed by atoms with Crippen LogP contribution in [0.3, 0.4) is 0 Å². The molecule has 12 nitrogen and oxygen atoms in total. The van der Waals surface area contributed by atoms with Crippen LogP contribution in [0.2, 0.25) is 0 Å². The Kier molecular flexibility index (Phi) is 15.0. The van der Waals surface area contributed by atoms with E-state index < -0.39 is 11.9 Å². The van der Waals surface area contributed by atoms with Crippen molar-refractivity contribution in [3.8, 4) is 56.0 Å². The molecule has 4 amide bonds. The number of hydrogen-bond acceptors (Lipinski definition) is 10. The van der Waals surface area contributed by atoms with Gasteiger partial charge < -0.3 is 18.9 Å². The molecule has 5 aliphatic rings. The molecule has 0 fully saturated rings. The van der Waals surface area contributed by atoms with E-state index in [2.05, 4.69) is 159 Å². The molecule has 552 valence electrons. The number of ether oxygens (including phenoxy) is 4. The number of imide groups is 2. The van der Waals surface area contributed by atoms with Crippen LogP contribution in [0.4, 0.5) is 11.4 Å². The number of benzene rings is 16. The fourth-order valence-electron chi connectivity index (χ4n) is 19.5. The van der Waals surface area contributed by atoms with Gasteiger partial charge in [-0.05, 0) is 307 Å². The minimum atomic E-state index is -0.529. The molecule has 2 heterocycles. The molecule has 3 aliphatic carbocycles. The van der Waals surface area contributed by atoms with E-state index >= 15 is 19.2 Å². The molecule has 16 aromatic carbocycles. The molecule has 114 heavy (non-hydrogen) atoms. The molecule has 0 atom stereocenters. The van der Waals surface area contributed by atoms with Crippen molar-refractivity contribution in [3.05, 3.63) is 262 Å². The van der Waals surface area contributed by atoms with Crippen LogP contribution in [0.25, 0.3) is 177 Å². The van der Waals surface area contributed by atoms with Crippen LogP contribution < -0.4 is 19.3 Å². The zero-order valence-corrected chi connectivity index (χ0v) is 64.2. The standard InChI is InChI=1S/C102H74N2O10/c1-11-87(105)113-35-33-111-61-45-79(49(3)4)97(80(46-61)50(5)6)103-99(107)75-29-25-67-63-17-21-71-83-41-57-37-53-13-15-55-39-59-43-85-73-23-19-65-69-27-31-77-96-78(102(110)104(101(77)109)98-81(51(7)8)47-62(48-82(98)52(9)10)112-34-36-114-88(106)12-2)32-28-70(92(69)96)66-20-24-74(94(73)90(65)66)86(85)44-60(59)40-56(55)16-14-54(53)38-58(57)42-84(83)72-22-18-64(89(63)93(71)72)68-26-30-76(100(103)108)95(75)91(67)68/h11-32,37-52H,1-2,33-36H2,3-10H3. The van der Waals surface area contributed by atoms with Gasteiger partial charge in [-0.2, -0.15) is 0 Å². The van der Waals surface area contributed by atoms with Crippen molar-refractivity contribution in [1.29, 1.82) is 0 Å². The topological polar surface area (TPSA) is 146 Å². The van der Waals surface area contributed by atoms with Crippen LogP contribution in [-0.4, -0.2) is 62.0 Å². The van der Waals surface area contributed by atoms with Gasteiger partial charge in [-0.15, -0.1) is 0 Å². The van der Waals surface area contributed by atoms with Crippen LogP contribution in [0, 0.1) is 0 Å². The Labute approximate surface area is 656 Å². The summed E-state index contributed by atoms with van der Waals surface area (Å²) in [6.45, 7) is 23.6. The van der Waals surface area contributed by atoms with E-state index in [9.17, 15) is 9.59 Å². The second kappa shape index (κ2) is 25.0. The van der Waals surface area contributed by atoms with Crippen molar-refractivity contribution in [2.45, 2.75) is 79.1 Å². The summed E-state index contributed by atoms with van der Waals surface area (Å²) in [7, 11) is 0. The van der Waals surface area contributed by atoms with E-state index in [0.717, 1.165) is 132 Å². The summed E-state index contributed by atoms with van der Waals surface area (Å²) < 4.78 is 22.6. The van der Waals surface area contributed by atoms with Gasteiger partial charge in [-0.25, -0.2) is 19.4 Å². The average molecular weight is 1490 g/mol. The van der Waals surface area contributed by atoms with Crippen molar-refractivity contribution in [3.63, 3.8) is 0 Å². The quantitative estimate of drug-likeness (QED) is 0.0229. The minimum absolute atomic E-state index is 0.0436. The molecule has 2 aliphatic heterocycles. The molecule has 0 aromatic heterocycles. The molecule has 0 spiro atoms. The smallest absolute Gasteiger partial charge is 0.330 e. The third kappa shape index (κ3) is 9.69. The molecule has 0 saturated heterocycles. The second-order valence-electron chi connectivity index (χ2n) is 32.3. The first-order valence-corrected chi connectivity index (χ1v) is 39.2. The highest BCUT2D eigenvalue weighted by Crippen LogP contribution is 2.58. The maximum atomic E-state index is 15.3. The fraction of sp³-hybridized carbons (Fsp3) is 0.157. The summed E-state index contributed by atoms with van der Waals surface area (Å²) in [5.74, 6) is -1.72. The van der Waals surface area contributed by atoms with Crippen molar-refractivity contribution >= 4 is 179 Å². The Morgan fingerprint density at radius 2 is 0.526 bits per heavy atom. The van der Waals surface area contributed by atoms with Gasteiger partial charge in [0.2, 0.25) is 0 Å². The zero-order chi connectivity index (χ0) is 78.0. The number of hydrogen-bond donors (Lipinski definition) is 0. The van der Waals surface area contributed by atoms with Crippen LogP contribution >= 0.6 is 0 Å². The molecular weight excluding hydrogens is 1410 g/mol. The number of carbonyl (C=O) groups excluding carboxylic acids is 6. The SMILES string of the molecule is C=CC(=O)OCCOc1cc(C(C)C)c(N2C(=O)c3ccc4c5ccc6c7c(ccc(c8ccc(c3c48)C2=O)c75)-c2cc3cc4c(cc3cc2-6)C=Cc2cc3cc5c(cc3cc2C=C4)-c2ccc3c4ccc6c7c(ccc(c8ccc-5c2c83)c74)C(=O)N(c2c(C(C)C)cc(OCCOC(=O)C=C)cc2C(C)C)C6=O)c(C(C)C)c1. The average Bonchev–Trinajstić information content (AvgIpc) is 1.30. The molecule has 12 heteroatoms. The zero-order valence-electron chi connectivity index (χ0n) is 64.2. The lowest BCUT2D eigenvalue weighted by atomic mass is 9.83. The summed E-state index contributed by atoms with van der Waals surface area (Å²) in [5, 5.41) is 20.8. The Bertz CT molecular complexity index is 6500. The van der Waals surface area contributed by atoms with Gasteiger partial charge in [-0.1, -0.05) is 166 Å². The fourth-order valence-corrected chi connectivity index (χ4v) is 19.5. The van der Waals surface area contributed by atoms with Crippen LogP contribution in [0.5, 0.6) is 11.5 Å². The maximum absolute atomic E-state index is 15.3. The number of fused-ring (bicyclic) bond motifs is 14. The molecule has 0 bridgehead atoms. The van der Waals surface area contributed by atoms with Gasteiger partial charge in [0.1, 0.15) is 37.9 Å². The number of nitrogens with zero attached hydrogens (tertiary/aromatic N) is 2. The number of esters is 2. The van der Waals surface area contributed by atoms with Gasteiger partial charge >= 0.3 is 11.9 Å². The van der Waals surface area contributed by atoms with Crippen LogP contribution in [-0.2, 0) is 19.1 Å². The van der Waals surface area contributed by atoms with Gasteiger partial charge in [0.15, 0.2) is 0 Å². The highest BCUT2D eigenvalue weighted by molar-refractivity contribution is 6.46. The van der Waals surface area contributed by atoms with Gasteiger partial charge in [0, 0.05) is 45.2 Å². The summed E-state index contributed by atoms with van der Waals surface area (Å²) in [6.07, 6.45) is 11.3. The molecule has 0 radical (unpaired) electrons. The first-order valence-electron chi connectivity index (χ1n) is 39.2. The molecule has 21 rings (SSSR count). The predicted molar refractivity (Wildman–Crippen MR) is 462 cm³/mol. The van der Waals surface area contributed by atoms with Crippen molar-refractivity contribution in [1.82, 2.24) is 0 Å². The van der Waals surface area contributed by atoms with E-state index in [-0.39, 0.29) is 73.7 Å². The largest absolute Gasteiger partial charge is 0.490 e. The molecule has 16 aromatic rings. The minimum Gasteiger partial charge on any atom is -0.490 e. The van der Waals surface area contributed by atoms with E-state index in [0.29, 0.717) is 55.9 Å². The lowest BCUT2D eigenvalue weighted by molar-refractivity contribution is -0.139. The Morgan fingerprint density at radius 3 is 0.754 bits per heavy atom. The second-order valence-corrected chi connectivity index (χ2v) is 32.3. The van der Waals surface area contributed by atoms with E-state index in [4.69, 9.17) is 18.9 Å². The molecule has 0 unspecified atom stereocenters. The monoisotopic (exact) mass is 1490 g/mol. The van der Waals surface area contributed by atoms with Crippen LogP contribution in [0.1, 0.15) is 165 Å². The molecular formula is C102H74N2O10. The van der Waals surface area contributed by atoms with E-state index in [1.165, 1.54) is 75.9 Å². The summed E-state index contributed by atoms with van der Waals surface area (Å²) in [5.41, 5.74) is 20.3. The van der Waals surface area contributed by atoms with Crippen molar-refractivity contribution in [2.24, 2.45) is 0 Å². The number of anilines is 2. The normalized spacial score (nSPS) is 13.8. The summed E-state index contributed by atoms with van der Waals surface area (Å²) in [4.78, 5) is 87.5. The number of carbonyl (C=O) groups is 6. The first kappa shape index (κ1) is 68.4. The molecule has 0 N–H and O–H groups in total. The third-order valence-electron chi connectivity index (χ3n) is 24.7. The third-order valence-corrected chi connectivity index (χ3v) is 24.7. The lowest BCUT2D eigenvalue weighted by Gasteiger charge is -2.33. The van der Waals surface area contributed by atoms with Gasteiger partial charge in [-0.3, -0.25) is 19.2 Å². The predicted octanol–water partition coefficient (Wildman–Crippen LogP) is 24.4. The highest BCUT2D eigenvalue weighted by atomic mass is 16.6. The van der Waals surface area contributed by atoms with Crippen molar-refractivity contribution in [2.75, 3.05) is 36.2 Å². The first-order chi connectivity index (χ1) is 55.2. The van der Waals surface area contributed by atoms with Crippen LogP contribution in [0.15, 0.2) is 195 Å². The molecule has 0 saturated carbocycles. The number of rotatable bonds is 16.